The highest BCUT2D eigenvalue weighted by Gasteiger charge is 2.17. The second-order valence-corrected chi connectivity index (χ2v) is 5.02. The summed E-state index contributed by atoms with van der Waals surface area (Å²) in [6, 6.07) is 6.49. The molecule has 0 amide bonds. The van der Waals surface area contributed by atoms with E-state index in [2.05, 4.69) is 51.1 Å². The molecule has 2 atom stereocenters. The van der Waals surface area contributed by atoms with Gasteiger partial charge in [0.15, 0.2) is 0 Å². The van der Waals surface area contributed by atoms with Crippen LogP contribution in [-0.4, -0.2) is 13.2 Å². The Morgan fingerprint density at radius 2 is 1.94 bits per heavy atom. The lowest BCUT2D eigenvalue weighted by atomic mass is 10.0. The van der Waals surface area contributed by atoms with E-state index in [1.54, 1.807) is 7.11 Å². The van der Waals surface area contributed by atoms with Gasteiger partial charge in [0.1, 0.15) is 5.75 Å². The molecule has 0 bridgehead atoms. The lowest BCUT2D eigenvalue weighted by Crippen LogP contribution is -2.34. The maximum absolute atomic E-state index is 5.55. The van der Waals surface area contributed by atoms with Crippen LogP contribution in [-0.2, 0) is 0 Å². The number of rotatable bonds is 5. The average molecular weight is 245 g/mol. The van der Waals surface area contributed by atoms with Crippen molar-refractivity contribution in [2.75, 3.05) is 7.11 Å². The van der Waals surface area contributed by atoms with E-state index < -0.39 is 0 Å². The zero-order valence-corrected chi connectivity index (χ0v) is 11.9. The summed E-state index contributed by atoms with van der Waals surface area (Å²) in [6.45, 7) is 8.41. The van der Waals surface area contributed by atoms with E-state index in [0.717, 1.165) is 11.3 Å². The summed E-state index contributed by atoms with van der Waals surface area (Å²) in [5.74, 6) is 4.12. The van der Waals surface area contributed by atoms with Crippen molar-refractivity contribution in [2.45, 2.75) is 39.8 Å². The van der Waals surface area contributed by atoms with E-state index in [-0.39, 0.29) is 12.1 Å². The molecule has 0 aliphatic heterocycles. The molecule has 18 heavy (non-hydrogen) atoms. The molecule has 0 saturated heterocycles. The van der Waals surface area contributed by atoms with Crippen LogP contribution in [0.15, 0.2) is 18.2 Å². The Labute approximate surface area is 111 Å². The van der Waals surface area contributed by atoms with Gasteiger partial charge in [0.05, 0.1) is 13.2 Å². The molecule has 0 heterocycles. The van der Waals surface area contributed by atoms with Gasteiger partial charge in [0.25, 0.3) is 0 Å². The largest absolute Gasteiger partial charge is 0.496 e. The van der Waals surface area contributed by atoms with Gasteiger partial charge in [-0.3, -0.25) is 5.32 Å². The predicted molar refractivity (Wildman–Crippen MR) is 76.7 cm³/mol. The summed E-state index contributed by atoms with van der Waals surface area (Å²) in [7, 11) is 1.70. The molecule has 98 valence electrons. The van der Waals surface area contributed by atoms with Crippen LogP contribution in [0.25, 0.3) is 0 Å². The molecule has 2 nitrogen and oxygen atoms in total. The molecule has 1 aromatic carbocycles. The number of benzene rings is 1. The molecule has 1 N–H and O–H groups in total. The van der Waals surface area contributed by atoms with Crippen molar-refractivity contribution in [1.82, 2.24) is 5.32 Å². The Hall–Kier alpha value is -1.46. The van der Waals surface area contributed by atoms with Crippen LogP contribution in [0, 0.1) is 25.2 Å². The van der Waals surface area contributed by atoms with Crippen molar-refractivity contribution in [3.63, 3.8) is 0 Å². The van der Waals surface area contributed by atoms with Gasteiger partial charge in [-0.25, -0.2) is 0 Å². The van der Waals surface area contributed by atoms with Gasteiger partial charge in [-0.2, -0.15) is 0 Å². The highest BCUT2D eigenvalue weighted by molar-refractivity contribution is 5.39. The van der Waals surface area contributed by atoms with E-state index in [4.69, 9.17) is 11.2 Å². The van der Waals surface area contributed by atoms with Crippen LogP contribution in [0.3, 0.4) is 0 Å². The molecule has 0 saturated carbocycles. The molecule has 0 aliphatic rings. The van der Waals surface area contributed by atoms with Crippen LogP contribution in [0.5, 0.6) is 5.75 Å². The second-order valence-electron chi connectivity index (χ2n) is 5.02. The van der Waals surface area contributed by atoms with Crippen LogP contribution in [0.4, 0.5) is 0 Å². The molecule has 0 aromatic heterocycles. The van der Waals surface area contributed by atoms with Gasteiger partial charge in [0.2, 0.25) is 0 Å². The van der Waals surface area contributed by atoms with Crippen LogP contribution in [0.2, 0.25) is 0 Å². The average Bonchev–Trinajstić information content (AvgIpc) is 2.34. The number of methoxy groups -OCH3 is 1. The smallest absolute Gasteiger partial charge is 0.123 e. The topological polar surface area (TPSA) is 21.3 Å². The minimum Gasteiger partial charge on any atom is -0.496 e. The summed E-state index contributed by atoms with van der Waals surface area (Å²) in [5, 5.41) is 3.46. The molecule has 0 spiro atoms. The van der Waals surface area contributed by atoms with Crippen molar-refractivity contribution in [3.8, 4) is 18.1 Å². The quantitative estimate of drug-likeness (QED) is 0.804. The minimum atomic E-state index is 0.0750. The zero-order chi connectivity index (χ0) is 13.7. The first kappa shape index (κ1) is 14.6. The highest BCUT2D eigenvalue weighted by Crippen LogP contribution is 2.26. The number of ether oxygens (including phenoxy) is 1. The number of aryl methyl sites for hydroxylation is 1. The van der Waals surface area contributed by atoms with Crippen molar-refractivity contribution in [2.24, 2.45) is 5.92 Å². The standard InChI is InChI=1S/C16H23NO/c1-7-15(11(2)3)17-13(5)14-9-8-12(4)10-16(14)18-6/h1,8-11,13,15,17H,2-6H3. The maximum Gasteiger partial charge on any atom is 0.123 e. The summed E-state index contributed by atoms with van der Waals surface area (Å²) in [4.78, 5) is 0. The van der Waals surface area contributed by atoms with E-state index in [9.17, 15) is 0 Å². The van der Waals surface area contributed by atoms with Crippen LogP contribution >= 0.6 is 0 Å². The second kappa shape index (κ2) is 6.47. The first-order chi connectivity index (χ1) is 8.49. The van der Waals surface area contributed by atoms with Gasteiger partial charge in [0, 0.05) is 11.6 Å². The number of nitrogens with one attached hydrogen (secondary N) is 1. The SMILES string of the molecule is C#CC(NC(C)c1ccc(C)cc1OC)C(C)C. The van der Waals surface area contributed by atoms with Crippen LogP contribution in [0.1, 0.15) is 37.9 Å². The maximum atomic E-state index is 5.55. The zero-order valence-electron chi connectivity index (χ0n) is 11.9. The van der Waals surface area contributed by atoms with Crippen molar-refractivity contribution in [1.29, 1.82) is 0 Å². The minimum absolute atomic E-state index is 0.0750. The summed E-state index contributed by atoms with van der Waals surface area (Å²) in [6.07, 6.45) is 5.55. The van der Waals surface area contributed by atoms with E-state index in [1.165, 1.54) is 5.56 Å². The molecule has 1 rings (SSSR count). The first-order valence-electron chi connectivity index (χ1n) is 6.36. The Morgan fingerprint density at radius 1 is 1.28 bits per heavy atom. The van der Waals surface area contributed by atoms with Crippen molar-refractivity contribution < 1.29 is 4.74 Å². The summed E-state index contributed by atoms with van der Waals surface area (Å²) in [5.41, 5.74) is 2.34. The molecule has 2 unspecified atom stereocenters. The van der Waals surface area contributed by atoms with Crippen LogP contribution < -0.4 is 10.1 Å². The normalized spacial score (nSPS) is 14.1. The number of hydrogen-bond acceptors (Lipinski definition) is 2. The van der Waals surface area contributed by atoms with Crippen molar-refractivity contribution >= 4 is 0 Å². The molecule has 0 aliphatic carbocycles. The molecular weight excluding hydrogens is 222 g/mol. The summed E-state index contributed by atoms with van der Waals surface area (Å²) < 4.78 is 5.43. The molecule has 0 radical (unpaired) electrons. The summed E-state index contributed by atoms with van der Waals surface area (Å²) >= 11 is 0. The molecular formula is C16H23NO. The third-order valence-electron chi connectivity index (χ3n) is 3.13. The Morgan fingerprint density at radius 3 is 2.44 bits per heavy atom. The van der Waals surface area contributed by atoms with E-state index in [1.807, 2.05) is 6.07 Å². The predicted octanol–water partition coefficient (Wildman–Crippen LogP) is 3.31. The van der Waals surface area contributed by atoms with Gasteiger partial charge < -0.3 is 4.74 Å². The van der Waals surface area contributed by atoms with Gasteiger partial charge in [-0.1, -0.05) is 31.9 Å². The van der Waals surface area contributed by atoms with Gasteiger partial charge in [-0.05, 0) is 31.4 Å². The fraction of sp³-hybridized carbons (Fsp3) is 0.500. The molecule has 0 fully saturated rings. The number of terminal acetylenes is 1. The molecule has 2 heteroatoms. The monoisotopic (exact) mass is 245 g/mol. The van der Waals surface area contributed by atoms with Gasteiger partial charge >= 0.3 is 0 Å². The Kier molecular flexibility index (Phi) is 5.25. The highest BCUT2D eigenvalue weighted by atomic mass is 16.5. The fourth-order valence-electron chi connectivity index (χ4n) is 1.97. The Balaban J connectivity index is 2.90. The third-order valence-corrected chi connectivity index (χ3v) is 3.13. The molecule has 1 aromatic rings. The number of hydrogen-bond donors (Lipinski definition) is 1. The first-order valence-corrected chi connectivity index (χ1v) is 6.36. The van der Waals surface area contributed by atoms with E-state index in [0.29, 0.717) is 5.92 Å². The lowest BCUT2D eigenvalue weighted by molar-refractivity contribution is 0.388. The van der Waals surface area contributed by atoms with E-state index >= 15 is 0 Å². The Bertz CT molecular complexity index is 431. The van der Waals surface area contributed by atoms with Gasteiger partial charge in [-0.15, -0.1) is 6.42 Å². The third kappa shape index (κ3) is 3.51. The van der Waals surface area contributed by atoms with Crippen molar-refractivity contribution in [3.05, 3.63) is 29.3 Å². The lowest BCUT2D eigenvalue weighted by Gasteiger charge is -2.23. The fourth-order valence-corrected chi connectivity index (χ4v) is 1.97.